The lowest BCUT2D eigenvalue weighted by Crippen LogP contribution is -2.04. The molecule has 1 aromatic heterocycles. The standard InChI is InChI=1S/C20H20Cl2N2O/c1-15(8-10-24-11-9-23-14-24)17-4-2-3-5-20(17)25-13-16-6-7-18(21)19(22)12-16/h2-7,9,11-12,14-15H,8,10,13H2,1H3. The Balaban J connectivity index is 1.66. The molecule has 130 valence electrons. The second-order valence-corrected chi connectivity index (χ2v) is 6.88. The molecule has 1 heterocycles. The fourth-order valence-corrected chi connectivity index (χ4v) is 3.05. The van der Waals surface area contributed by atoms with E-state index in [0.717, 1.165) is 24.3 Å². The van der Waals surface area contributed by atoms with Crippen molar-refractivity contribution >= 4 is 23.2 Å². The number of hydrogen-bond acceptors (Lipinski definition) is 2. The van der Waals surface area contributed by atoms with Crippen LogP contribution in [0.4, 0.5) is 0 Å². The summed E-state index contributed by atoms with van der Waals surface area (Å²) in [6.45, 7) is 3.61. The van der Waals surface area contributed by atoms with Crippen molar-refractivity contribution in [1.29, 1.82) is 0 Å². The Labute approximate surface area is 158 Å². The molecule has 3 rings (SSSR count). The van der Waals surface area contributed by atoms with Gasteiger partial charge in [-0.1, -0.05) is 54.4 Å². The monoisotopic (exact) mass is 374 g/mol. The van der Waals surface area contributed by atoms with E-state index < -0.39 is 0 Å². The molecule has 0 fully saturated rings. The van der Waals surface area contributed by atoms with Crippen LogP contribution in [0.2, 0.25) is 10.0 Å². The molecule has 0 aliphatic heterocycles. The molecule has 3 aromatic rings. The maximum Gasteiger partial charge on any atom is 0.123 e. The first-order valence-corrected chi connectivity index (χ1v) is 9.00. The number of aromatic nitrogens is 2. The van der Waals surface area contributed by atoms with Crippen LogP contribution in [0.25, 0.3) is 0 Å². The van der Waals surface area contributed by atoms with E-state index in [2.05, 4.69) is 28.6 Å². The zero-order valence-corrected chi connectivity index (χ0v) is 15.5. The van der Waals surface area contributed by atoms with Gasteiger partial charge in [0.1, 0.15) is 12.4 Å². The molecule has 0 aliphatic rings. The minimum atomic E-state index is 0.382. The topological polar surface area (TPSA) is 27.1 Å². The van der Waals surface area contributed by atoms with Gasteiger partial charge in [-0.3, -0.25) is 0 Å². The van der Waals surface area contributed by atoms with Gasteiger partial charge in [0.05, 0.1) is 16.4 Å². The minimum Gasteiger partial charge on any atom is -0.489 e. The Morgan fingerprint density at radius 2 is 1.96 bits per heavy atom. The van der Waals surface area contributed by atoms with E-state index in [1.54, 1.807) is 12.3 Å². The van der Waals surface area contributed by atoms with Crippen molar-refractivity contribution in [2.45, 2.75) is 32.4 Å². The summed E-state index contributed by atoms with van der Waals surface area (Å²) in [6, 6.07) is 13.8. The number of imidazole rings is 1. The summed E-state index contributed by atoms with van der Waals surface area (Å²) in [5.41, 5.74) is 2.21. The van der Waals surface area contributed by atoms with Gasteiger partial charge in [-0.25, -0.2) is 4.98 Å². The highest BCUT2D eigenvalue weighted by Crippen LogP contribution is 2.30. The van der Waals surface area contributed by atoms with E-state index in [9.17, 15) is 0 Å². The van der Waals surface area contributed by atoms with Crippen molar-refractivity contribution in [3.8, 4) is 5.75 Å². The number of benzene rings is 2. The first kappa shape index (κ1) is 17.8. The van der Waals surface area contributed by atoms with Gasteiger partial charge >= 0.3 is 0 Å². The smallest absolute Gasteiger partial charge is 0.123 e. The molecule has 1 unspecified atom stereocenters. The summed E-state index contributed by atoms with van der Waals surface area (Å²) in [5.74, 6) is 1.29. The van der Waals surface area contributed by atoms with Crippen LogP contribution in [0.15, 0.2) is 61.2 Å². The Hall–Kier alpha value is -1.97. The molecule has 0 amide bonds. The molecular weight excluding hydrogens is 355 g/mol. The molecule has 0 radical (unpaired) electrons. The summed E-state index contributed by atoms with van der Waals surface area (Å²) in [7, 11) is 0. The lowest BCUT2D eigenvalue weighted by Gasteiger charge is -2.17. The number of ether oxygens (including phenoxy) is 1. The molecule has 0 spiro atoms. The maximum absolute atomic E-state index is 6.07. The highest BCUT2D eigenvalue weighted by atomic mass is 35.5. The zero-order chi connectivity index (χ0) is 17.6. The zero-order valence-electron chi connectivity index (χ0n) is 14.0. The number of aryl methyl sites for hydroxylation is 1. The third-order valence-corrected chi connectivity index (χ3v) is 4.95. The number of nitrogens with zero attached hydrogens (tertiary/aromatic N) is 2. The van der Waals surface area contributed by atoms with Crippen molar-refractivity contribution in [1.82, 2.24) is 9.55 Å². The lowest BCUT2D eigenvalue weighted by molar-refractivity contribution is 0.300. The van der Waals surface area contributed by atoms with E-state index in [1.807, 2.05) is 36.8 Å². The number of para-hydroxylation sites is 1. The average molecular weight is 375 g/mol. The van der Waals surface area contributed by atoms with Crippen LogP contribution in [0, 0.1) is 0 Å². The van der Waals surface area contributed by atoms with Crippen molar-refractivity contribution in [3.05, 3.63) is 82.4 Å². The summed E-state index contributed by atoms with van der Waals surface area (Å²) >= 11 is 12.0. The van der Waals surface area contributed by atoms with Crippen LogP contribution in [-0.4, -0.2) is 9.55 Å². The van der Waals surface area contributed by atoms with E-state index in [0.29, 0.717) is 22.6 Å². The summed E-state index contributed by atoms with van der Waals surface area (Å²) in [4.78, 5) is 4.08. The van der Waals surface area contributed by atoms with Gasteiger partial charge in [-0.2, -0.15) is 0 Å². The fourth-order valence-electron chi connectivity index (χ4n) is 2.73. The first-order valence-electron chi connectivity index (χ1n) is 8.25. The summed E-state index contributed by atoms with van der Waals surface area (Å²) in [5, 5.41) is 1.10. The van der Waals surface area contributed by atoms with Gasteiger partial charge < -0.3 is 9.30 Å². The van der Waals surface area contributed by atoms with Crippen molar-refractivity contribution in [2.24, 2.45) is 0 Å². The SMILES string of the molecule is CC(CCn1ccnc1)c1ccccc1OCc1ccc(Cl)c(Cl)c1. The van der Waals surface area contributed by atoms with Crippen molar-refractivity contribution in [3.63, 3.8) is 0 Å². The average Bonchev–Trinajstić information content (AvgIpc) is 3.14. The highest BCUT2D eigenvalue weighted by Gasteiger charge is 2.12. The third kappa shape index (κ3) is 4.77. The molecule has 5 heteroatoms. The normalized spacial score (nSPS) is 12.1. The molecule has 0 bridgehead atoms. The van der Waals surface area contributed by atoms with E-state index in [4.69, 9.17) is 27.9 Å². The predicted molar refractivity (Wildman–Crippen MR) is 102 cm³/mol. The Bertz CT molecular complexity index is 818. The summed E-state index contributed by atoms with van der Waals surface area (Å²) < 4.78 is 8.15. The number of hydrogen-bond donors (Lipinski definition) is 0. The van der Waals surface area contributed by atoms with Gasteiger partial charge in [0.2, 0.25) is 0 Å². The molecule has 25 heavy (non-hydrogen) atoms. The molecular formula is C20H20Cl2N2O. The lowest BCUT2D eigenvalue weighted by atomic mass is 9.97. The highest BCUT2D eigenvalue weighted by molar-refractivity contribution is 6.42. The van der Waals surface area contributed by atoms with Crippen LogP contribution < -0.4 is 4.74 Å². The Morgan fingerprint density at radius 3 is 2.72 bits per heavy atom. The Kier molecular flexibility index (Phi) is 6.00. The number of halogens is 2. The van der Waals surface area contributed by atoms with Crippen LogP contribution in [-0.2, 0) is 13.2 Å². The molecule has 0 aliphatic carbocycles. The maximum atomic E-state index is 6.07. The molecule has 0 saturated heterocycles. The van der Waals surface area contributed by atoms with Gasteiger partial charge in [0, 0.05) is 18.9 Å². The number of rotatable bonds is 7. The van der Waals surface area contributed by atoms with E-state index in [-0.39, 0.29) is 0 Å². The fraction of sp³-hybridized carbons (Fsp3) is 0.250. The predicted octanol–water partition coefficient (Wildman–Crippen LogP) is 5.96. The third-order valence-electron chi connectivity index (χ3n) is 4.21. The van der Waals surface area contributed by atoms with Gasteiger partial charge in [-0.05, 0) is 41.7 Å². The van der Waals surface area contributed by atoms with Gasteiger partial charge in [-0.15, -0.1) is 0 Å². The largest absolute Gasteiger partial charge is 0.489 e. The second-order valence-electron chi connectivity index (χ2n) is 6.07. The molecule has 0 N–H and O–H groups in total. The molecule has 2 aromatic carbocycles. The van der Waals surface area contributed by atoms with Crippen LogP contribution >= 0.6 is 23.2 Å². The second kappa shape index (κ2) is 8.41. The minimum absolute atomic E-state index is 0.382. The molecule has 1 atom stereocenters. The Morgan fingerprint density at radius 1 is 1.12 bits per heavy atom. The first-order chi connectivity index (χ1) is 12.1. The quantitative estimate of drug-likeness (QED) is 0.509. The van der Waals surface area contributed by atoms with Gasteiger partial charge in [0.15, 0.2) is 0 Å². The molecule has 3 nitrogen and oxygen atoms in total. The van der Waals surface area contributed by atoms with E-state index >= 15 is 0 Å². The summed E-state index contributed by atoms with van der Waals surface area (Å²) in [6.07, 6.45) is 6.65. The van der Waals surface area contributed by atoms with Crippen LogP contribution in [0.3, 0.4) is 0 Å². The van der Waals surface area contributed by atoms with Crippen molar-refractivity contribution in [2.75, 3.05) is 0 Å². The van der Waals surface area contributed by atoms with Crippen molar-refractivity contribution < 1.29 is 4.74 Å². The molecule has 0 saturated carbocycles. The van der Waals surface area contributed by atoms with Gasteiger partial charge in [0.25, 0.3) is 0 Å². The van der Waals surface area contributed by atoms with E-state index in [1.165, 1.54) is 5.56 Å². The van der Waals surface area contributed by atoms with Crippen LogP contribution in [0.1, 0.15) is 30.4 Å². The van der Waals surface area contributed by atoms with Crippen LogP contribution in [0.5, 0.6) is 5.75 Å².